The average molecular weight is 535 g/mol. The van der Waals surface area contributed by atoms with Gasteiger partial charge in [0.2, 0.25) is 5.91 Å². The third-order valence-electron chi connectivity index (χ3n) is 9.47. The van der Waals surface area contributed by atoms with Gasteiger partial charge in [0, 0.05) is 44.0 Å². The van der Waals surface area contributed by atoms with Crippen molar-refractivity contribution in [3.05, 3.63) is 53.6 Å². The van der Waals surface area contributed by atoms with Crippen LogP contribution < -0.4 is 14.5 Å². The number of rotatable bonds is 8. The van der Waals surface area contributed by atoms with Gasteiger partial charge in [-0.05, 0) is 112 Å². The Labute approximate surface area is 234 Å². The zero-order valence-corrected chi connectivity index (χ0v) is 24.0. The van der Waals surface area contributed by atoms with Crippen molar-refractivity contribution in [3.8, 4) is 5.75 Å². The van der Waals surface area contributed by atoms with Crippen molar-refractivity contribution in [2.45, 2.75) is 82.8 Å². The SMILES string of the molecule is COc1ccc(C2CCC(CN(C(=O)C3CCC(O)CC3)c3cccc(N4CCC(OC)C4)c3)CC2)cc1C. The van der Waals surface area contributed by atoms with Gasteiger partial charge in [-0.25, -0.2) is 0 Å². The molecule has 1 atom stereocenters. The van der Waals surface area contributed by atoms with E-state index in [9.17, 15) is 9.90 Å². The minimum absolute atomic E-state index is 0.000304. The van der Waals surface area contributed by atoms with Crippen molar-refractivity contribution in [2.75, 3.05) is 43.7 Å². The molecule has 2 saturated carbocycles. The molecule has 6 heteroatoms. The number of hydrogen-bond donors (Lipinski definition) is 1. The van der Waals surface area contributed by atoms with Gasteiger partial charge in [0.15, 0.2) is 0 Å². The molecule has 1 saturated heterocycles. The summed E-state index contributed by atoms with van der Waals surface area (Å²) < 4.78 is 11.1. The summed E-state index contributed by atoms with van der Waals surface area (Å²) in [5, 5.41) is 10.0. The first-order chi connectivity index (χ1) is 18.9. The lowest BCUT2D eigenvalue weighted by molar-refractivity contribution is -0.124. The van der Waals surface area contributed by atoms with Gasteiger partial charge in [-0.15, -0.1) is 0 Å². The Balaban J connectivity index is 1.30. The predicted molar refractivity (Wildman–Crippen MR) is 157 cm³/mol. The summed E-state index contributed by atoms with van der Waals surface area (Å²) in [7, 11) is 3.52. The summed E-state index contributed by atoms with van der Waals surface area (Å²) in [5.41, 5.74) is 4.79. The van der Waals surface area contributed by atoms with E-state index in [1.807, 2.05) is 0 Å². The Morgan fingerprint density at radius 1 is 0.974 bits per heavy atom. The number of aryl methyl sites for hydroxylation is 1. The lowest BCUT2D eigenvalue weighted by Gasteiger charge is -2.36. The second-order valence-corrected chi connectivity index (χ2v) is 12.0. The number of ether oxygens (including phenoxy) is 2. The number of carbonyl (C=O) groups is 1. The molecular weight excluding hydrogens is 488 g/mol. The van der Waals surface area contributed by atoms with Crippen molar-refractivity contribution in [3.63, 3.8) is 0 Å². The molecule has 6 nitrogen and oxygen atoms in total. The van der Waals surface area contributed by atoms with Gasteiger partial charge in [0.25, 0.3) is 0 Å². The molecule has 0 spiro atoms. The van der Waals surface area contributed by atoms with Gasteiger partial charge in [-0.3, -0.25) is 4.79 Å². The topological polar surface area (TPSA) is 62.2 Å². The number of nitrogens with zero attached hydrogens (tertiary/aromatic N) is 2. The van der Waals surface area contributed by atoms with Crippen LogP contribution in [0.1, 0.15) is 74.8 Å². The summed E-state index contributed by atoms with van der Waals surface area (Å²) in [6.07, 6.45) is 8.62. The standard InChI is InChI=1S/C33H46N2O4/c1-23-19-27(13-16-32(23)39-3)25-9-7-24(8-10-25)21-35(33(37)26-11-14-30(36)15-12-26)29-6-4-5-28(20-29)34-18-17-31(22-34)38-2/h4-6,13,16,19-20,24-26,30-31,36H,7-12,14-15,17-18,21-22H2,1-3H3. The second kappa shape index (κ2) is 12.7. The Kier molecular flexibility index (Phi) is 9.13. The summed E-state index contributed by atoms with van der Waals surface area (Å²) in [6.45, 7) is 4.76. The van der Waals surface area contributed by atoms with E-state index in [1.54, 1.807) is 14.2 Å². The minimum atomic E-state index is -0.258. The number of carbonyl (C=O) groups excluding carboxylic acids is 1. The van der Waals surface area contributed by atoms with Crippen LogP contribution in [-0.2, 0) is 9.53 Å². The Morgan fingerprint density at radius 2 is 1.74 bits per heavy atom. The molecule has 5 rings (SSSR count). The van der Waals surface area contributed by atoms with Crippen LogP contribution in [0.4, 0.5) is 11.4 Å². The number of aliphatic hydroxyl groups is 1. The van der Waals surface area contributed by atoms with Crippen LogP contribution in [0.15, 0.2) is 42.5 Å². The van der Waals surface area contributed by atoms with E-state index in [4.69, 9.17) is 9.47 Å². The molecule has 0 radical (unpaired) electrons. The largest absolute Gasteiger partial charge is 0.496 e. The van der Waals surface area contributed by atoms with Gasteiger partial charge in [-0.2, -0.15) is 0 Å². The van der Waals surface area contributed by atoms with Crippen LogP contribution in [0.3, 0.4) is 0 Å². The first-order valence-electron chi connectivity index (χ1n) is 15.0. The summed E-state index contributed by atoms with van der Waals surface area (Å²) in [6, 6.07) is 15.2. The predicted octanol–water partition coefficient (Wildman–Crippen LogP) is 6.09. The zero-order chi connectivity index (χ0) is 27.4. The van der Waals surface area contributed by atoms with Crippen LogP contribution in [0.2, 0.25) is 0 Å². The highest BCUT2D eigenvalue weighted by Crippen LogP contribution is 2.39. The van der Waals surface area contributed by atoms with Crippen LogP contribution in [0, 0.1) is 18.8 Å². The smallest absolute Gasteiger partial charge is 0.230 e. The molecule has 1 amide bonds. The van der Waals surface area contributed by atoms with Gasteiger partial charge in [-0.1, -0.05) is 18.2 Å². The van der Waals surface area contributed by atoms with E-state index in [0.29, 0.717) is 11.8 Å². The monoisotopic (exact) mass is 534 g/mol. The maximum atomic E-state index is 14.0. The highest BCUT2D eigenvalue weighted by Gasteiger charge is 2.33. The molecule has 1 aliphatic heterocycles. The summed E-state index contributed by atoms with van der Waals surface area (Å²) in [4.78, 5) is 18.5. The fourth-order valence-electron chi connectivity index (χ4n) is 6.97. The average Bonchev–Trinajstić information content (AvgIpc) is 3.46. The van der Waals surface area contributed by atoms with Crippen LogP contribution in [0.25, 0.3) is 0 Å². The minimum Gasteiger partial charge on any atom is -0.496 e. The molecule has 0 bridgehead atoms. The number of benzene rings is 2. The number of aliphatic hydroxyl groups excluding tert-OH is 1. The van der Waals surface area contributed by atoms with Gasteiger partial charge >= 0.3 is 0 Å². The molecule has 1 heterocycles. The Hall–Kier alpha value is -2.57. The molecule has 2 aromatic carbocycles. The van der Waals surface area contributed by atoms with E-state index in [1.165, 1.54) is 16.8 Å². The zero-order valence-electron chi connectivity index (χ0n) is 24.0. The third-order valence-corrected chi connectivity index (χ3v) is 9.47. The van der Waals surface area contributed by atoms with E-state index >= 15 is 0 Å². The molecular formula is C33H46N2O4. The molecule has 3 aliphatic rings. The summed E-state index contributed by atoms with van der Waals surface area (Å²) in [5.74, 6) is 2.25. The van der Waals surface area contributed by atoms with E-state index in [2.05, 4.69) is 59.2 Å². The van der Waals surface area contributed by atoms with Gasteiger partial charge in [0.1, 0.15) is 5.75 Å². The molecule has 3 fully saturated rings. The fourth-order valence-corrected chi connectivity index (χ4v) is 6.97. The van der Waals surface area contributed by atoms with Crippen molar-refractivity contribution in [1.82, 2.24) is 0 Å². The highest BCUT2D eigenvalue weighted by atomic mass is 16.5. The van der Waals surface area contributed by atoms with Gasteiger partial charge in [0.05, 0.1) is 19.3 Å². The summed E-state index contributed by atoms with van der Waals surface area (Å²) >= 11 is 0. The molecule has 0 aromatic heterocycles. The van der Waals surface area contributed by atoms with Crippen molar-refractivity contribution in [1.29, 1.82) is 0 Å². The third kappa shape index (κ3) is 6.60. The maximum absolute atomic E-state index is 14.0. The number of methoxy groups -OCH3 is 2. The number of anilines is 2. The first kappa shape index (κ1) is 28.0. The quantitative estimate of drug-likeness (QED) is 0.444. The Morgan fingerprint density at radius 3 is 2.41 bits per heavy atom. The molecule has 2 aliphatic carbocycles. The van der Waals surface area contributed by atoms with Crippen LogP contribution in [0.5, 0.6) is 5.75 Å². The lowest BCUT2D eigenvalue weighted by Crippen LogP contribution is -2.42. The van der Waals surface area contributed by atoms with E-state index in [0.717, 1.165) is 88.9 Å². The van der Waals surface area contributed by atoms with Gasteiger partial charge < -0.3 is 24.4 Å². The molecule has 39 heavy (non-hydrogen) atoms. The second-order valence-electron chi connectivity index (χ2n) is 12.0. The Bertz CT molecular complexity index is 1100. The van der Waals surface area contributed by atoms with E-state index < -0.39 is 0 Å². The van der Waals surface area contributed by atoms with Crippen molar-refractivity contribution in [2.24, 2.45) is 11.8 Å². The molecule has 2 aromatic rings. The maximum Gasteiger partial charge on any atom is 0.230 e. The van der Waals surface area contributed by atoms with Crippen molar-refractivity contribution >= 4 is 17.3 Å². The number of amides is 1. The lowest BCUT2D eigenvalue weighted by atomic mass is 9.78. The van der Waals surface area contributed by atoms with Crippen molar-refractivity contribution < 1.29 is 19.4 Å². The fraction of sp³-hybridized carbons (Fsp3) is 0.606. The molecule has 1 unspecified atom stereocenters. The first-order valence-corrected chi connectivity index (χ1v) is 15.0. The number of hydrogen-bond acceptors (Lipinski definition) is 5. The molecule has 212 valence electrons. The van der Waals surface area contributed by atoms with E-state index in [-0.39, 0.29) is 24.0 Å². The normalized spacial score (nSPS) is 27.4. The molecule has 1 N–H and O–H groups in total. The van der Waals surface area contributed by atoms with Crippen LogP contribution in [-0.4, -0.2) is 57.1 Å². The van der Waals surface area contributed by atoms with Crippen LogP contribution >= 0.6 is 0 Å². The highest BCUT2D eigenvalue weighted by molar-refractivity contribution is 5.95.